The fourth-order valence-corrected chi connectivity index (χ4v) is 4.18. The van der Waals surface area contributed by atoms with Crippen molar-refractivity contribution < 1.29 is 13.6 Å². The fraction of sp³-hybridized carbons (Fsp3) is 0.292. The van der Waals surface area contributed by atoms with Gasteiger partial charge < -0.3 is 9.73 Å². The predicted molar refractivity (Wildman–Crippen MR) is 127 cm³/mol. The van der Waals surface area contributed by atoms with Crippen LogP contribution in [-0.4, -0.2) is 45.4 Å². The third-order valence-corrected chi connectivity index (χ3v) is 6.40. The van der Waals surface area contributed by atoms with Crippen molar-refractivity contribution in [2.75, 3.05) is 19.8 Å². The van der Waals surface area contributed by atoms with Crippen LogP contribution in [0, 0.1) is 5.82 Å². The number of hydrogen-bond acceptors (Lipinski definition) is 6. The molecule has 0 aliphatic rings. The first-order chi connectivity index (χ1) is 15.8. The van der Waals surface area contributed by atoms with Crippen LogP contribution in [0.25, 0.3) is 16.7 Å². The maximum atomic E-state index is 13.5. The number of benzene rings is 2. The Bertz CT molecular complexity index is 1220. The van der Waals surface area contributed by atoms with Gasteiger partial charge in [-0.05, 0) is 64.3 Å². The number of rotatable bonds is 8. The van der Waals surface area contributed by atoms with Gasteiger partial charge in [-0.2, -0.15) is 0 Å². The van der Waals surface area contributed by atoms with Crippen molar-refractivity contribution in [3.63, 3.8) is 0 Å². The van der Waals surface area contributed by atoms with E-state index in [1.165, 1.54) is 23.9 Å². The second-order valence-corrected chi connectivity index (χ2v) is 9.00. The third kappa shape index (κ3) is 5.09. The van der Waals surface area contributed by atoms with Crippen LogP contribution in [0.15, 0.2) is 64.2 Å². The minimum absolute atomic E-state index is 0.0289. The number of para-hydroxylation sites is 1. The molecule has 0 saturated heterocycles. The van der Waals surface area contributed by atoms with Crippen molar-refractivity contribution in [3.8, 4) is 5.69 Å². The van der Waals surface area contributed by atoms with Crippen LogP contribution in [0.5, 0.6) is 0 Å². The number of carbonyl (C=O) groups excluding carboxylic acids is 1. The van der Waals surface area contributed by atoms with Gasteiger partial charge in [-0.3, -0.25) is 14.3 Å². The SMILES string of the molecule is C[C@H](NC(=O)CSc1nnc([C@@H](C)N(C)C)n1-c1ccc(F)cc1)c1cc2ccccc2o1. The van der Waals surface area contributed by atoms with Crippen LogP contribution >= 0.6 is 11.8 Å². The predicted octanol–water partition coefficient (Wildman–Crippen LogP) is 4.74. The van der Waals surface area contributed by atoms with Crippen molar-refractivity contribution in [1.29, 1.82) is 0 Å². The van der Waals surface area contributed by atoms with E-state index in [0.29, 0.717) is 16.7 Å². The van der Waals surface area contributed by atoms with Crippen LogP contribution in [0.2, 0.25) is 0 Å². The lowest BCUT2D eigenvalue weighted by atomic mass is 10.2. The van der Waals surface area contributed by atoms with Gasteiger partial charge in [0.25, 0.3) is 0 Å². The molecular formula is C24H26FN5O2S. The van der Waals surface area contributed by atoms with E-state index in [9.17, 15) is 9.18 Å². The Morgan fingerprint density at radius 3 is 2.58 bits per heavy atom. The Morgan fingerprint density at radius 2 is 1.88 bits per heavy atom. The molecule has 0 bridgehead atoms. The summed E-state index contributed by atoms with van der Waals surface area (Å²) in [5, 5.41) is 13.2. The van der Waals surface area contributed by atoms with E-state index in [-0.39, 0.29) is 29.6 Å². The average molecular weight is 468 g/mol. The number of aromatic nitrogens is 3. The summed E-state index contributed by atoms with van der Waals surface area (Å²) in [6.07, 6.45) is 0. The summed E-state index contributed by atoms with van der Waals surface area (Å²) in [5.74, 6) is 1.10. The van der Waals surface area contributed by atoms with Gasteiger partial charge in [0.2, 0.25) is 5.91 Å². The highest BCUT2D eigenvalue weighted by atomic mass is 32.2. The van der Waals surface area contributed by atoms with E-state index < -0.39 is 0 Å². The van der Waals surface area contributed by atoms with E-state index in [1.54, 1.807) is 12.1 Å². The molecule has 4 rings (SSSR count). The highest BCUT2D eigenvalue weighted by Gasteiger charge is 2.22. The van der Waals surface area contributed by atoms with Gasteiger partial charge in [-0.1, -0.05) is 30.0 Å². The molecule has 2 aromatic heterocycles. The molecular weight excluding hydrogens is 441 g/mol. The van der Waals surface area contributed by atoms with Gasteiger partial charge in [0.15, 0.2) is 11.0 Å². The second kappa shape index (κ2) is 9.76. The Balaban J connectivity index is 1.49. The van der Waals surface area contributed by atoms with Gasteiger partial charge in [0, 0.05) is 11.1 Å². The Labute approximate surface area is 196 Å². The van der Waals surface area contributed by atoms with E-state index in [1.807, 2.05) is 67.7 Å². The van der Waals surface area contributed by atoms with Crippen LogP contribution in [-0.2, 0) is 4.79 Å². The molecule has 9 heteroatoms. The van der Waals surface area contributed by atoms with Crippen molar-refractivity contribution in [2.24, 2.45) is 0 Å². The number of amides is 1. The fourth-order valence-electron chi connectivity index (χ4n) is 3.41. The van der Waals surface area contributed by atoms with E-state index >= 15 is 0 Å². The molecule has 2 aromatic carbocycles. The molecule has 0 saturated carbocycles. The standard InChI is InChI=1S/C24H26FN5O2S/c1-15(21-13-17-7-5-6-8-20(17)32-21)26-22(31)14-33-24-28-27-23(16(2)29(3)4)30(24)19-11-9-18(25)10-12-19/h5-13,15-16H,14H2,1-4H3,(H,26,31)/t15-,16+/m0/s1. The van der Waals surface area contributed by atoms with Crippen LogP contribution < -0.4 is 5.32 Å². The van der Waals surface area contributed by atoms with Crippen LogP contribution in [0.3, 0.4) is 0 Å². The first-order valence-corrected chi connectivity index (χ1v) is 11.6. The monoisotopic (exact) mass is 467 g/mol. The number of furan rings is 1. The van der Waals surface area contributed by atoms with Crippen LogP contribution in [0.1, 0.15) is 37.5 Å². The van der Waals surface area contributed by atoms with E-state index in [0.717, 1.165) is 16.7 Å². The molecule has 0 aliphatic heterocycles. The number of hydrogen-bond donors (Lipinski definition) is 1. The Hall–Kier alpha value is -3.17. The molecule has 2 heterocycles. The Kier molecular flexibility index (Phi) is 6.80. The first kappa shape index (κ1) is 23.0. The zero-order valence-electron chi connectivity index (χ0n) is 18.9. The van der Waals surface area contributed by atoms with Gasteiger partial charge in [-0.25, -0.2) is 4.39 Å². The summed E-state index contributed by atoms with van der Waals surface area (Å²) < 4.78 is 21.2. The second-order valence-electron chi connectivity index (χ2n) is 8.06. The zero-order valence-corrected chi connectivity index (χ0v) is 19.8. The third-order valence-electron chi connectivity index (χ3n) is 5.47. The van der Waals surface area contributed by atoms with Gasteiger partial charge in [0.1, 0.15) is 17.2 Å². The van der Waals surface area contributed by atoms with Crippen molar-refractivity contribution >= 4 is 28.6 Å². The highest BCUT2D eigenvalue weighted by Crippen LogP contribution is 2.27. The molecule has 1 amide bonds. The largest absolute Gasteiger partial charge is 0.459 e. The summed E-state index contributed by atoms with van der Waals surface area (Å²) in [7, 11) is 3.90. The molecule has 0 spiro atoms. The van der Waals surface area contributed by atoms with Crippen molar-refractivity contribution in [2.45, 2.75) is 31.1 Å². The minimum Gasteiger partial charge on any atom is -0.459 e. The number of fused-ring (bicyclic) bond motifs is 1. The van der Waals surface area contributed by atoms with E-state index in [2.05, 4.69) is 15.5 Å². The molecule has 0 aliphatic carbocycles. The number of carbonyl (C=O) groups is 1. The number of nitrogens with one attached hydrogen (secondary N) is 1. The quantitative estimate of drug-likeness (QED) is 0.377. The molecule has 0 radical (unpaired) electrons. The molecule has 4 aromatic rings. The maximum Gasteiger partial charge on any atom is 0.231 e. The van der Waals surface area contributed by atoms with Crippen LogP contribution in [0.4, 0.5) is 4.39 Å². The number of nitrogens with zero attached hydrogens (tertiary/aromatic N) is 4. The summed E-state index contributed by atoms with van der Waals surface area (Å²) in [6, 6.07) is 15.5. The molecule has 2 atom stereocenters. The zero-order chi connectivity index (χ0) is 23.5. The smallest absolute Gasteiger partial charge is 0.231 e. The average Bonchev–Trinajstić information content (AvgIpc) is 3.42. The van der Waals surface area contributed by atoms with Gasteiger partial charge in [-0.15, -0.1) is 10.2 Å². The van der Waals surface area contributed by atoms with Crippen molar-refractivity contribution in [3.05, 3.63) is 72.0 Å². The normalized spacial score (nSPS) is 13.4. The summed E-state index contributed by atoms with van der Waals surface area (Å²) in [4.78, 5) is 14.7. The molecule has 0 unspecified atom stereocenters. The van der Waals surface area contributed by atoms with Gasteiger partial charge in [0.05, 0.1) is 17.8 Å². The maximum absolute atomic E-state index is 13.5. The van der Waals surface area contributed by atoms with Gasteiger partial charge >= 0.3 is 0 Å². The first-order valence-electron chi connectivity index (χ1n) is 10.6. The molecule has 0 fully saturated rings. The number of thioether (sulfide) groups is 1. The minimum atomic E-state index is -0.317. The molecule has 33 heavy (non-hydrogen) atoms. The molecule has 1 N–H and O–H groups in total. The summed E-state index contributed by atoms with van der Waals surface area (Å²) in [6.45, 7) is 3.90. The summed E-state index contributed by atoms with van der Waals surface area (Å²) in [5.41, 5.74) is 1.53. The molecule has 172 valence electrons. The summed E-state index contributed by atoms with van der Waals surface area (Å²) >= 11 is 1.28. The highest BCUT2D eigenvalue weighted by molar-refractivity contribution is 7.99. The lowest BCUT2D eigenvalue weighted by Gasteiger charge is -2.20. The topological polar surface area (TPSA) is 76.2 Å². The lowest BCUT2D eigenvalue weighted by molar-refractivity contribution is -0.119. The Morgan fingerprint density at radius 1 is 1.15 bits per heavy atom. The molecule has 7 nitrogen and oxygen atoms in total. The van der Waals surface area contributed by atoms with E-state index in [4.69, 9.17) is 4.42 Å². The van der Waals surface area contributed by atoms with Crippen molar-refractivity contribution in [1.82, 2.24) is 25.0 Å². The number of halogens is 1. The lowest BCUT2D eigenvalue weighted by Crippen LogP contribution is -2.28.